The molecule has 2 aliphatic carbocycles. The number of hydrogen-bond acceptors (Lipinski definition) is 14. The fourth-order valence-corrected chi connectivity index (χ4v) is 11.1. The van der Waals surface area contributed by atoms with Gasteiger partial charge in [0, 0.05) is 51.0 Å². The molecule has 71 heavy (non-hydrogen) atoms. The highest BCUT2D eigenvalue weighted by molar-refractivity contribution is 6.39. The Morgan fingerprint density at radius 2 is 1.65 bits per heavy atom. The lowest BCUT2D eigenvalue weighted by Gasteiger charge is -2.43. The zero-order valence-electron chi connectivity index (χ0n) is 43.8. The molecule has 0 aromatic heterocycles. The van der Waals surface area contributed by atoms with Gasteiger partial charge in [0.05, 0.1) is 12.2 Å². The number of ketones is 3. The zero-order chi connectivity index (χ0) is 52.6. The lowest BCUT2D eigenvalue weighted by atomic mass is 9.67. The minimum absolute atomic E-state index is 0.00782. The molecule has 2 saturated carbocycles. The quantitative estimate of drug-likeness (QED) is 0.0563. The van der Waals surface area contributed by atoms with Gasteiger partial charge < -0.3 is 38.8 Å². The number of aliphatic hydroxyl groups is 2. The van der Waals surface area contributed by atoms with E-state index in [1.165, 1.54) is 19.1 Å². The number of carbonyl (C=O) groups is 6. The number of allylic oxidation sites excluding steroid dienone is 6. The van der Waals surface area contributed by atoms with Crippen molar-refractivity contribution in [1.29, 1.82) is 0 Å². The number of nitrogens with zero attached hydrogens (tertiary/aromatic N) is 4. The Balaban J connectivity index is 1.69. The minimum atomic E-state index is -1.96. The molecule has 1 unspecified atom stereocenters. The molecule has 1 amide bonds. The van der Waals surface area contributed by atoms with Crippen molar-refractivity contribution in [3.63, 3.8) is 0 Å². The average molecular weight is 995 g/mol. The van der Waals surface area contributed by atoms with E-state index in [4.69, 9.17) is 29.2 Å². The van der Waals surface area contributed by atoms with Crippen LogP contribution in [-0.4, -0.2) is 133 Å². The standard InChI is InChI=1S/C54H82N4O13/c1-32-16-12-11-13-17-33(2)44(67-8)28-40-20-19-38(7)54(66,30-40)51(63)52(64)58-23-15-14-18-41(58)53(65)71-45(29-42(59)34(3)25-37(6)49(62)50(69-10)48(61)36(5)24-32)35(4)26-39-21-22-43(46(27-39)68-9)70-47(60)31-56-57-55/h11-13,16-17,25,32,34-36,38-41,43-46,49-50,62,66H,14-15,18-24,26-31H2,1-10H3/b13-11+,16-12+,33-17+,37-25+/t32-,34-,35-,36-,38-,39?,40+,41+,43-,44+,45+,46-,49-,50+,54+/m1/s1. The Hall–Kier alpha value is -4.51. The lowest BCUT2D eigenvalue weighted by Crippen LogP contribution is -2.59. The van der Waals surface area contributed by atoms with E-state index in [9.17, 15) is 39.0 Å². The smallest absolute Gasteiger partial charge is 0.329 e. The molecule has 4 aliphatic rings. The fraction of sp³-hybridized carbons (Fsp3) is 0.741. The van der Waals surface area contributed by atoms with E-state index in [0.717, 1.165) is 12.0 Å². The average Bonchev–Trinajstić information content (AvgIpc) is 3.35. The second-order valence-electron chi connectivity index (χ2n) is 21.0. The van der Waals surface area contributed by atoms with Crippen molar-refractivity contribution < 1.29 is 62.7 Å². The normalized spacial score (nSPS) is 37.7. The van der Waals surface area contributed by atoms with Crippen LogP contribution in [-0.2, 0) is 52.5 Å². The molecule has 396 valence electrons. The molecule has 0 aromatic rings. The first-order valence-electron chi connectivity index (χ1n) is 25.7. The van der Waals surface area contributed by atoms with E-state index < -0.39 is 96.0 Å². The van der Waals surface area contributed by atoms with Crippen LogP contribution in [0.25, 0.3) is 10.4 Å². The summed E-state index contributed by atoms with van der Waals surface area (Å²) in [6, 6.07) is -1.13. The van der Waals surface area contributed by atoms with E-state index in [2.05, 4.69) is 10.0 Å². The van der Waals surface area contributed by atoms with Crippen LogP contribution >= 0.6 is 0 Å². The first-order chi connectivity index (χ1) is 33.7. The predicted octanol–water partition coefficient (Wildman–Crippen LogP) is 7.71. The predicted molar refractivity (Wildman–Crippen MR) is 266 cm³/mol. The number of carbonyl (C=O) groups excluding carboxylic acids is 6. The molecule has 4 rings (SSSR count). The summed E-state index contributed by atoms with van der Waals surface area (Å²) in [6.45, 7) is 12.4. The largest absolute Gasteiger partial charge is 0.460 e. The molecular weight excluding hydrogens is 913 g/mol. The molecule has 2 bridgehead atoms. The summed E-state index contributed by atoms with van der Waals surface area (Å²) in [5, 5.41) is 27.0. The number of esters is 2. The highest BCUT2D eigenvalue weighted by atomic mass is 16.6. The molecule has 3 fully saturated rings. The molecule has 0 spiro atoms. The summed E-state index contributed by atoms with van der Waals surface area (Å²) in [4.78, 5) is 87.5. The second kappa shape index (κ2) is 28.1. The van der Waals surface area contributed by atoms with Gasteiger partial charge in [-0.15, -0.1) is 0 Å². The van der Waals surface area contributed by atoms with Gasteiger partial charge in [-0.25, -0.2) is 4.79 Å². The third kappa shape index (κ3) is 16.2. The Morgan fingerprint density at radius 3 is 2.32 bits per heavy atom. The molecule has 17 nitrogen and oxygen atoms in total. The first-order valence-corrected chi connectivity index (χ1v) is 25.7. The van der Waals surface area contributed by atoms with Crippen LogP contribution in [0.1, 0.15) is 132 Å². The van der Waals surface area contributed by atoms with Crippen LogP contribution in [0.3, 0.4) is 0 Å². The Bertz CT molecular complexity index is 2030. The molecule has 2 heterocycles. The van der Waals surface area contributed by atoms with Gasteiger partial charge in [0.15, 0.2) is 5.78 Å². The highest BCUT2D eigenvalue weighted by Crippen LogP contribution is 2.42. The number of aliphatic hydroxyl groups excluding tert-OH is 1. The number of fused-ring (bicyclic) bond motifs is 3. The first kappa shape index (κ1) is 59.1. The SMILES string of the molecule is CO[C@H]1C[C@@H]2CC[C@@H](C)[C@@](O)(C2)C(=O)C(=O)N2CCCC[C@H]2C(=O)O[C@H]([C@H](C)CC2CC[C@@H](OC(=O)CN=[N+]=[N-])[C@H](OC)C2)CC(=O)[C@H](C)/C=C(\C)[C@@H](O)[C@@H](OC)C(=O)[C@H](C)C[C@H](C)/C=C/C=C/C=C/1C. The van der Waals surface area contributed by atoms with Crippen LogP contribution in [0.5, 0.6) is 0 Å². The highest BCUT2D eigenvalue weighted by Gasteiger charge is 2.51. The van der Waals surface area contributed by atoms with Gasteiger partial charge in [0.1, 0.15) is 48.4 Å². The van der Waals surface area contributed by atoms with E-state index >= 15 is 0 Å². The Labute approximate surface area is 420 Å². The molecule has 17 heteroatoms. The van der Waals surface area contributed by atoms with Crippen molar-refractivity contribution in [1.82, 2.24) is 4.90 Å². The number of Topliss-reactive ketones (excluding diaryl/α,β-unsaturated/α-hetero) is 3. The van der Waals surface area contributed by atoms with Crippen LogP contribution < -0.4 is 0 Å². The number of methoxy groups -OCH3 is 3. The summed E-state index contributed by atoms with van der Waals surface area (Å²) in [5.41, 5.74) is 7.98. The Kier molecular flexibility index (Phi) is 23.4. The molecule has 15 atom stereocenters. The van der Waals surface area contributed by atoms with Crippen molar-refractivity contribution >= 4 is 35.2 Å². The monoisotopic (exact) mass is 995 g/mol. The fourth-order valence-electron chi connectivity index (χ4n) is 11.1. The summed E-state index contributed by atoms with van der Waals surface area (Å²) >= 11 is 0. The number of rotatable bonds is 9. The maximum atomic E-state index is 14.5. The molecule has 0 radical (unpaired) electrons. The van der Waals surface area contributed by atoms with Crippen LogP contribution in [0.15, 0.2) is 52.7 Å². The van der Waals surface area contributed by atoms with E-state index in [1.807, 2.05) is 58.1 Å². The molecule has 1 saturated heterocycles. The van der Waals surface area contributed by atoms with Crippen molar-refractivity contribution in [2.75, 3.05) is 34.4 Å². The maximum absolute atomic E-state index is 14.5. The van der Waals surface area contributed by atoms with Crippen LogP contribution in [0, 0.1) is 41.4 Å². The van der Waals surface area contributed by atoms with Crippen molar-refractivity contribution in [2.45, 2.75) is 180 Å². The number of piperidine rings is 1. The van der Waals surface area contributed by atoms with Crippen LogP contribution in [0.2, 0.25) is 0 Å². The second-order valence-corrected chi connectivity index (χ2v) is 21.0. The minimum Gasteiger partial charge on any atom is -0.460 e. The van der Waals surface area contributed by atoms with E-state index in [0.29, 0.717) is 63.4 Å². The number of hydrogen-bond donors (Lipinski definition) is 2. The maximum Gasteiger partial charge on any atom is 0.329 e. The Morgan fingerprint density at radius 1 is 0.915 bits per heavy atom. The molecule has 0 aromatic carbocycles. The molecular formula is C54H82N4O13. The number of cyclic esters (lactones) is 1. The van der Waals surface area contributed by atoms with Gasteiger partial charge in [0.2, 0.25) is 0 Å². The third-order valence-electron chi connectivity index (χ3n) is 15.6. The van der Waals surface area contributed by atoms with Gasteiger partial charge in [0.25, 0.3) is 11.7 Å². The summed E-state index contributed by atoms with van der Waals surface area (Å²) in [7, 11) is 4.51. The molecule has 2 N–H and O–H groups in total. The third-order valence-corrected chi connectivity index (χ3v) is 15.6. The zero-order valence-corrected chi connectivity index (χ0v) is 43.8. The number of amides is 1. The lowest BCUT2D eigenvalue weighted by molar-refractivity contribution is -0.171. The summed E-state index contributed by atoms with van der Waals surface area (Å²) in [6.07, 6.45) is 12.0. The number of azide groups is 1. The van der Waals surface area contributed by atoms with E-state index in [-0.39, 0.29) is 61.2 Å². The molecule has 2 aliphatic heterocycles. The van der Waals surface area contributed by atoms with Gasteiger partial charge in [-0.3, -0.25) is 24.0 Å². The van der Waals surface area contributed by atoms with Crippen molar-refractivity contribution in [2.24, 2.45) is 46.5 Å². The van der Waals surface area contributed by atoms with Crippen LogP contribution in [0.4, 0.5) is 0 Å². The van der Waals surface area contributed by atoms with E-state index in [1.54, 1.807) is 34.0 Å². The topological polar surface area (TPSA) is 241 Å². The summed E-state index contributed by atoms with van der Waals surface area (Å²) < 4.78 is 29.1. The summed E-state index contributed by atoms with van der Waals surface area (Å²) in [5.74, 6) is -6.13. The van der Waals surface area contributed by atoms with Gasteiger partial charge >= 0.3 is 11.9 Å². The van der Waals surface area contributed by atoms with Crippen molar-refractivity contribution in [3.8, 4) is 0 Å². The number of ether oxygens (including phenoxy) is 5. The van der Waals surface area contributed by atoms with Gasteiger partial charge in [-0.05, 0) is 137 Å². The van der Waals surface area contributed by atoms with Crippen molar-refractivity contribution in [3.05, 3.63) is 58.0 Å². The van der Waals surface area contributed by atoms with Gasteiger partial charge in [-0.2, -0.15) is 0 Å². The van der Waals surface area contributed by atoms with Gasteiger partial charge in [-0.1, -0.05) is 76.2 Å².